The number of aliphatic carboxylic acids is 1. The highest BCUT2D eigenvalue weighted by atomic mass is 32.1. The number of nitrogens with one attached hydrogen (secondary N) is 1. The van der Waals surface area contributed by atoms with Gasteiger partial charge in [-0.05, 0) is 19.8 Å². The molecule has 0 unspecified atom stereocenters. The average Bonchev–Trinajstić information content (AvgIpc) is 3.15. The number of carboxylic acids is 1. The van der Waals surface area contributed by atoms with Crippen LogP contribution in [0.15, 0.2) is 30.3 Å². The Labute approximate surface area is 125 Å². The number of hydrogen-bond donors (Lipinski definition) is 2. The van der Waals surface area contributed by atoms with E-state index in [0.29, 0.717) is 23.4 Å². The predicted octanol–water partition coefficient (Wildman–Crippen LogP) is 2.47. The van der Waals surface area contributed by atoms with Gasteiger partial charge >= 0.3 is 5.97 Å². The molecule has 5 nitrogen and oxygen atoms in total. The summed E-state index contributed by atoms with van der Waals surface area (Å²) in [6, 6.07) is 9.60. The lowest BCUT2D eigenvalue weighted by Crippen LogP contribution is -2.42. The first-order chi connectivity index (χ1) is 10.0. The van der Waals surface area contributed by atoms with Crippen molar-refractivity contribution in [2.24, 2.45) is 0 Å². The number of carboxylic acid groups (broad SMARTS) is 1. The number of aromatic nitrogens is 1. The molecule has 1 fully saturated rings. The third-order valence-electron chi connectivity index (χ3n) is 3.54. The molecular weight excluding hydrogens is 288 g/mol. The second-order valence-corrected chi connectivity index (χ2v) is 6.14. The van der Waals surface area contributed by atoms with Crippen LogP contribution in [0.4, 0.5) is 0 Å². The number of amides is 1. The van der Waals surface area contributed by atoms with Crippen molar-refractivity contribution in [1.82, 2.24) is 10.3 Å². The molecule has 3 rings (SSSR count). The van der Waals surface area contributed by atoms with Crippen molar-refractivity contribution in [2.45, 2.75) is 25.3 Å². The Morgan fingerprint density at radius 1 is 1.29 bits per heavy atom. The maximum atomic E-state index is 12.3. The van der Waals surface area contributed by atoms with Crippen molar-refractivity contribution in [2.75, 3.05) is 0 Å². The molecule has 0 radical (unpaired) electrons. The van der Waals surface area contributed by atoms with Crippen LogP contribution in [0.2, 0.25) is 0 Å². The first-order valence-corrected chi connectivity index (χ1v) is 7.42. The summed E-state index contributed by atoms with van der Waals surface area (Å²) in [6.07, 6.45) is 0.967. The number of thiazole rings is 1. The van der Waals surface area contributed by atoms with Crippen LogP contribution in [-0.2, 0) is 4.79 Å². The first kappa shape index (κ1) is 13.8. The van der Waals surface area contributed by atoms with Gasteiger partial charge in [-0.1, -0.05) is 30.3 Å². The smallest absolute Gasteiger partial charge is 0.329 e. The van der Waals surface area contributed by atoms with Gasteiger partial charge in [0.25, 0.3) is 5.91 Å². The number of rotatable bonds is 4. The average molecular weight is 302 g/mol. The molecule has 1 aliphatic rings. The van der Waals surface area contributed by atoms with Gasteiger partial charge in [-0.2, -0.15) is 0 Å². The summed E-state index contributed by atoms with van der Waals surface area (Å²) in [6.45, 7) is 1.76. The molecule has 2 N–H and O–H groups in total. The van der Waals surface area contributed by atoms with E-state index in [1.807, 2.05) is 30.3 Å². The molecule has 1 aliphatic carbocycles. The summed E-state index contributed by atoms with van der Waals surface area (Å²) in [7, 11) is 0. The highest BCUT2D eigenvalue weighted by molar-refractivity contribution is 7.17. The Bertz CT molecular complexity index is 705. The number of hydrogen-bond acceptors (Lipinski definition) is 4. The maximum absolute atomic E-state index is 12.3. The first-order valence-electron chi connectivity index (χ1n) is 6.61. The van der Waals surface area contributed by atoms with Crippen LogP contribution in [-0.4, -0.2) is 27.5 Å². The fraction of sp³-hybridized carbons (Fsp3) is 0.267. The van der Waals surface area contributed by atoms with E-state index >= 15 is 0 Å². The number of aryl methyl sites for hydroxylation is 1. The standard InChI is InChI=1S/C15H14N2O3S/c1-9-11(12(18)17-15(7-8-15)14(19)20)21-13(16-9)10-5-3-2-4-6-10/h2-6H,7-8H2,1H3,(H,17,18)(H,19,20). The molecule has 0 bridgehead atoms. The lowest BCUT2D eigenvalue weighted by Gasteiger charge is -2.11. The van der Waals surface area contributed by atoms with E-state index in [1.54, 1.807) is 6.92 Å². The normalized spacial score (nSPS) is 15.5. The van der Waals surface area contributed by atoms with E-state index in [2.05, 4.69) is 10.3 Å². The quantitative estimate of drug-likeness (QED) is 0.909. The van der Waals surface area contributed by atoms with Crippen molar-refractivity contribution in [3.05, 3.63) is 40.9 Å². The summed E-state index contributed by atoms with van der Waals surface area (Å²) < 4.78 is 0. The van der Waals surface area contributed by atoms with Gasteiger partial charge in [0.15, 0.2) is 0 Å². The number of nitrogens with zero attached hydrogens (tertiary/aromatic N) is 1. The van der Waals surface area contributed by atoms with E-state index in [4.69, 9.17) is 5.11 Å². The monoisotopic (exact) mass is 302 g/mol. The van der Waals surface area contributed by atoms with Gasteiger partial charge in [0, 0.05) is 5.56 Å². The number of benzene rings is 1. The Kier molecular flexibility index (Phi) is 3.25. The fourth-order valence-corrected chi connectivity index (χ4v) is 3.07. The van der Waals surface area contributed by atoms with Crippen LogP contribution >= 0.6 is 11.3 Å². The molecule has 6 heteroatoms. The molecule has 1 saturated carbocycles. The van der Waals surface area contributed by atoms with E-state index < -0.39 is 11.5 Å². The van der Waals surface area contributed by atoms with E-state index in [0.717, 1.165) is 10.6 Å². The molecule has 0 aliphatic heterocycles. The van der Waals surface area contributed by atoms with Crippen LogP contribution in [0, 0.1) is 6.92 Å². The third-order valence-corrected chi connectivity index (χ3v) is 4.74. The van der Waals surface area contributed by atoms with Crippen LogP contribution < -0.4 is 5.32 Å². The summed E-state index contributed by atoms with van der Waals surface area (Å²) in [5.41, 5.74) is 0.502. The van der Waals surface area contributed by atoms with Crippen LogP contribution in [0.1, 0.15) is 28.2 Å². The molecule has 0 atom stereocenters. The Hall–Kier alpha value is -2.21. The third kappa shape index (κ3) is 2.54. The maximum Gasteiger partial charge on any atom is 0.329 e. The van der Waals surface area contributed by atoms with Gasteiger partial charge in [-0.15, -0.1) is 11.3 Å². The largest absolute Gasteiger partial charge is 0.480 e. The zero-order valence-electron chi connectivity index (χ0n) is 11.4. The zero-order chi connectivity index (χ0) is 15.0. The second-order valence-electron chi connectivity index (χ2n) is 5.14. The van der Waals surface area contributed by atoms with Gasteiger partial charge in [0.05, 0.1) is 5.69 Å². The van der Waals surface area contributed by atoms with Gasteiger partial charge in [0.1, 0.15) is 15.4 Å². The second kappa shape index (κ2) is 4.96. The molecule has 1 heterocycles. The Morgan fingerprint density at radius 2 is 1.95 bits per heavy atom. The molecule has 1 aromatic heterocycles. The number of carbonyl (C=O) groups excluding carboxylic acids is 1. The van der Waals surface area contributed by atoms with Crippen LogP contribution in [0.5, 0.6) is 0 Å². The molecule has 0 spiro atoms. The molecule has 0 saturated heterocycles. The van der Waals surface area contributed by atoms with Crippen molar-refractivity contribution in [3.63, 3.8) is 0 Å². The van der Waals surface area contributed by atoms with Crippen molar-refractivity contribution in [1.29, 1.82) is 0 Å². The van der Waals surface area contributed by atoms with Crippen LogP contribution in [0.3, 0.4) is 0 Å². The minimum Gasteiger partial charge on any atom is -0.480 e. The van der Waals surface area contributed by atoms with E-state index in [1.165, 1.54) is 11.3 Å². The molecule has 1 amide bonds. The lowest BCUT2D eigenvalue weighted by atomic mass is 10.2. The topological polar surface area (TPSA) is 79.3 Å². The van der Waals surface area contributed by atoms with Gasteiger partial charge < -0.3 is 10.4 Å². The summed E-state index contributed by atoms with van der Waals surface area (Å²) >= 11 is 1.28. The van der Waals surface area contributed by atoms with E-state index in [-0.39, 0.29) is 5.91 Å². The zero-order valence-corrected chi connectivity index (χ0v) is 12.2. The minimum absolute atomic E-state index is 0.355. The molecule has 2 aromatic rings. The van der Waals surface area contributed by atoms with Crippen molar-refractivity contribution in [3.8, 4) is 10.6 Å². The molecule has 108 valence electrons. The Balaban J connectivity index is 1.85. The fourth-order valence-electron chi connectivity index (χ4n) is 2.10. The molecule has 1 aromatic carbocycles. The van der Waals surface area contributed by atoms with Crippen molar-refractivity contribution >= 4 is 23.2 Å². The Morgan fingerprint density at radius 3 is 2.52 bits per heavy atom. The summed E-state index contributed by atoms with van der Waals surface area (Å²) in [5, 5.41) is 12.5. The van der Waals surface area contributed by atoms with Gasteiger partial charge in [-0.25, -0.2) is 9.78 Å². The minimum atomic E-state index is -1.07. The highest BCUT2D eigenvalue weighted by Gasteiger charge is 2.52. The lowest BCUT2D eigenvalue weighted by molar-refractivity contribution is -0.140. The predicted molar refractivity (Wildman–Crippen MR) is 79.4 cm³/mol. The van der Waals surface area contributed by atoms with Gasteiger partial charge in [0.2, 0.25) is 0 Å². The summed E-state index contributed by atoms with van der Waals surface area (Å²) in [4.78, 5) is 28.3. The highest BCUT2D eigenvalue weighted by Crippen LogP contribution is 2.36. The van der Waals surface area contributed by atoms with Crippen molar-refractivity contribution < 1.29 is 14.7 Å². The van der Waals surface area contributed by atoms with Gasteiger partial charge in [-0.3, -0.25) is 4.79 Å². The molecule has 21 heavy (non-hydrogen) atoms. The molecular formula is C15H14N2O3S. The SMILES string of the molecule is Cc1nc(-c2ccccc2)sc1C(=O)NC1(C(=O)O)CC1. The van der Waals surface area contributed by atoms with E-state index in [9.17, 15) is 9.59 Å². The van der Waals surface area contributed by atoms with Crippen LogP contribution in [0.25, 0.3) is 10.6 Å². The number of carbonyl (C=O) groups is 2. The summed E-state index contributed by atoms with van der Waals surface area (Å²) in [5.74, 6) is -1.33.